The van der Waals surface area contributed by atoms with Crippen molar-refractivity contribution in [2.75, 3.05) is 5.32 Å². The molecule has 0 fully saturated rings. The molecule has 0 heterocycles. The molecule has 0 bridgehead atoms. The number of hydrogen-bond donors (Lipinski definition) is 1. The fourth-order valence-electron chi connectivity index (χ4n) is 2.93. The van der Waals surface area contributed by atoms with Crippen LogP contribution in [-0.4, -0.2) is 5.91 Å². The highest BCUT2D eigenvalue weighted by molar-refractivity contribution is 6.32. The van der Waals surface area contributed by atoms with Gasteiger partial charge in [-0.2, -0.15) is 5.26 Å². The summed E-state index contributed by atoms with van der Waals surface area (Å²) in [7, 11) is 0. The second-order valence-corrected chi connectivity index (χ2v) is 7.79. The first-order valence-electron chi connectivity index (χ1n) is 9.84. The summed E-state index contributed by atoms with van der Waals surface area (Å²) in [6.07, 6.45) is 1.50. The van der Waals surface area contributed by atoms with Crippen molar-refractivity contribution in [2.24, 2.45) is 0 Å². The summed E-state index contributed by atoms with van der Waals surface area (Å²) < 4.78 is 5.84. The minimum absolute atomic E-state index is 0.0135. The van der Waals surface area contributed by atoms with E-state index in [-0.39, 0.29) is 5.57 Å². The maximum absolute atomic E-state index is 12.4. The molecule has 0 radical (unpaired) electrons. The number of aryl methyl sites for hydroxylation is 3. The van der Waals surface area contributed by atoms with Gasteiger partial charge < -0.3 is 10.1 Å². The first-order valence-corrected chi connectivity index (χ1v) is 10.2. The SMILES string of the molecule is Cc1ccc(NC(=O)/C(C#N)=C/c2ccc(OCc3ccc(C)c(C)c3)c(Cl)c2)cc1. The largest absolute Gasteiger partial charge is 0.487 e. The van der Waals surface area contributed by atoms with E-state index < -0.39 is 5.91 Å². The van der Waals surface area contributed by atoms with E-state index in [1.54, 1.807) is 30.3 Å². The lowest BCUT2D eigenvalue weighted by Crippen LogP contribution is -2.13. The van der Waals surface area contributed by atoms with Crippen LogP contribution < -0.4 is 10.1 Å². The Morgan fingerprint density at radius 1 is 1.03 bits per heavy atom. The predicted octanol–water partition coefficient (Wildman–Crippen LogP) is 6.39. The van der Waals surface area contributed by atoms with Crippen LogP contribution in [0.3, 0.4) is 0 Å². The van der Waals surface area contributed by atoms with Crippen LogP contribution in [0.2, 0.25) is 5.02 Å². The van der Waals surface area contributed by atoms with E-state index in [0.29, 0.717) is 28.6 Å². The zero-order valence-corrected chi connectivity index (χ0v) is 18.5. The van der Waals surface area contributed by atoms with Crippen molar-refractivity contribution in [2.45, 2.75) is 27.4 Å². The van der Waals surface area contributed by atoms with Gasteiger partial charge in [-0.15, -0.1) is 0 Å². The van der Waals surface area contributed by atoms with E-state index in [9.17, 15) is 10.1 Å². The standard InChI is InChI=1S/C26H23ClN2O2/c1-17-4-9-23(10-5-17)29-26(30)22(15-28)13-20-8-11-25(24(27)14-20)31-16-21-7-6-18(2)19(3)12-21/h4-14H,16H2,1-3H3,(H,29,30)/b22-13+. The van der Waals surface area contributed by atoms with Crippen molar-refractivity contribution in [1.29, 1.82) is 5.26 Å². The first-order chi connectivity index (χ1) is 14.9. The van der Waals surface area contributed by atoms with Crippen LogP contribution in [-0.2, 0) is 11.4 Å². The Labute approximate surface area is 187 Å². The second-order valence-electron chi connectivity index (χ2n) is 7.39. The number of rotatable bonds is 6. The summed E-state index contributed by atoms with van der Waals surface area (Å²) in [5, 5.41) is 12.6. The summed E-state index contributed by atoms with van der Waals surface area (Å²) in [5.41, 5.74) is 5.84. The Kier molecular flexibility index (Phi) is 7.12. The van der Waals surface area contributed by atoms with Gasteiger partial charge in [-0.3, -0.25) is 4.79 Å². The average Bonchev–Trinajstić information content (AvgIpc) is 2.75. The van der Waals surface area contributed by atoms with Gasteiger partial charge in [-0.25, -0.2) is 0 Å². The van der Waals surface area contributed by atoms with Crippen LogP contribution in [0.5, 0.6) is 5.75 Å². The number of nitrogens with zero attached hydrogens (tertiary/aromatic N) is 1. The monoisotopic (exact) mass is 430 g/mol. The maximum Gasteiger partial charge on any atom is 0.266 e. The molecular formula is C26H23ClN2O2. The number of nitriles is 1. The number of benzene rings is 3. The molecule has 0 spiro atoms. The smallest absolute Gasteiger partial charge is 0.266 e. The summed E-state index contributed by atoms with van der Waals surface area (Å²) in [6.45, 7) is 6.50. The number of amides is 1. The highest BCUT2D eigenvalue weighted by atomic mass is 35.5. The van der Waals surface area contributed by atoms with Gasteiger partial charge in [-0.1, -0.05) is 53.6 Å². The molecule has 0 aromatic heterocycles. The second kappa shape index (κ2) is 9.97. The van der Waals surface area contributed by atoms with Crippen molar-refractivity contribution >= 4 is 29.3 Å². The van der Waals surface area contributed by atoms with Crippen LogP contribution in [0.25, 0.3) is 6.08 Å². The van der Waals surface area contributed by atoms with Crippen LogP contribution in [0, 0.1) is 32.1 Å². The van der Waals surface area contributed by atoms with E-state index in [1.807, 2.05) is 31.2 Å². The van der Waals surface area contributed by atoms with E-state index in [1.165, 1.54) is 17.2 Å². The molecule has 156 valence electrons. The van der Waals surface area contributed by atoms with Crippen LogP contribution in [0.1, 0.15) is 27.8 Å². The minimum Gasteiger partial charge on any atom is -0.487 e. The van der Waals surface area contributed by atoms with Crippen molar-refractivity contribution in [3.63, 3.8) is 0 Å². The number of anilines is 1. The lowest BCUT2D eigenvalue weighted by molar-refractivity contribution is -0.112. The summed E-state index contributed by atoms with van der Waals surface area (Å²) in [5.74, 6) is 0.0669. The molecule has 0 aliphatic carbocycles. The van der Waals surface area contributed by atoms with Gasteiger partial charge >= 0.3 is 0 Å². The van der Waals surface area contributed by atoms with Crippen molar-refractivity contribution in [3.05, 3.63) is 99.1 Å². The highest BCUT2D eigenvalue weighted by Gasteiger charge is 2.11. The summed E-state index contributed by atoms with van der Waals surface area (Å²) in [6, 6.07) is 20.7. The third-order valence-electron chi connectivity index (χ3n) is 4.91. The highest BCUT2D eigenvalue weighted by Crippen LogP contribution is 2.27. The molecule has 3 aromatic carbocycles. The Bertz CT molecular complexity index is 1180. The van der Waals surface area contributed by atoms with Gasteiger partial charge in [0, 0.05) is 5.69 Å². The fourth-order valence-corrected chi connectivity index (χ4v) is 3.17. The molecule has 4 nitrogen and oxygen atoms in total. The van der Waals surface area contributed by atoms with Gasteiger partial charge in [0.1, 0.15) is 24.0 Å². The number of halogens is 1. The van der Waals surface area contributed by atoms with Crippen LogP contribution >= 0.6 is 11.6 Å². The average molecular weight is 431 g/mol. The molecule has 0 atom stereocenters. The van der Waals surface area contributed by atoms with Crippen LogP contribution in [0.4, 0.5) is 5.69 Å². The molecule has 31 heavy (non-hydrogen) atoms. The normalized spacial score (nSPS) is 11.0. The van der Waals surface area contributed by atoms with E-state index >= 15 is 0 Å². The zero-order valence-electron chi connectivity index (χ0n) is 17.7. The molecule has 0 saturated carbocycles. The minimum atomic E-state index is -0.474. The number of carbonyl (C=O) groups is 1. The van der Waals surface area contributed by atoms with Crippen LogP contribution in [0.15, 0.2) is 66.2 Å². The summed E-state index contributed by atoms with van der Waals surface area (Å²) in [4.78, 5) is 12.4. The molecule has 1 amide bonds. The van der Waals surface area contributed by atoms with Gasteiger partial charge in [0.15, 0.2) is 0 Å². The molecular weight excluding hydrogens is 408 g/mol. The molecule has 3 aromatic rings. The van der Waals surface area contributed by atoms with Gasteiger partial charge in [-0.05, 0) is 73.4 Å². The molecule has 1 N–H and O–H groups in total. The third kappa shape index (κ3) is 5.97. The molecule has 3 rings (SSSR count). The molecule has 0 saturated heterocycles. The quantitative estimate of drug-likeness (QED) is 0.364. The lowest BCUT2D eigenvalue weighted by Gasteiger charge is -2.10. The molecule has 0 unspecified atom stereocenters. The number of hydrogen-bond acceptors (Lipinski definition) is 3. The molecule has 0 aliphatic heterocycles. The Hall–Kier alpha value is -3.55. The number of carbonyl (C=O) groups excluding carboxylic acids is 1. The third-order valence-corrected chi connectivity index (χ3v) is 5.20. The van der Waals surface area contributed by atoms with Crippen molar-refractivity contribution < 1.29 is 9.53 Å². The van der Waals surface area contributed by atoms with Crippen molar-refractivity contribution in [1.82, 2.24) is 0 Å². The zero-order chi connectivity index (χ0) is 22.4. The molecule has 5 heteroatoms. The lowest BCUT2D eigenvalue weighted by atomic mass is 10.1. The Balaban J connectivity index is 1.70. The molecule has 0 aliphatic rings. The topological polar surface area (TPSA) is 62.1 Å². The summed E-state index contributed by atoms with van der Waals surface area (Å²) >= 11 is 6.37. The maximum atomic E-state index is 12.4. The van der Waals surface area contributed by atoms with E-state index in [0.717, 1.165) is 11.1 Å². The Morgan fingerprint density at radius 3 is 2.42 bits per heavy atom. The van der Waals surface area contributed by atoms with Gasteiger partial charge in [0.2, 0.25) is 0 Å². The number of nitrogens with one attached hydrogen (secondary N) is 1. The van der Waals surface area contributed by atoms with E-state index in [4.69, 9.17) is 16.3 Å². The van der Waals surface area contributed by atoms with E-state index in [2.05, 4.69) is 31.3 Å². The predicted molar refractivity (Wildman–Crippen MR) is 125 cm³/mol. The Morgan fingerprint density at radius 2 is 1.77 bits per heavy atom. The van der Waals surface area contributed by atoms with Crippen molar-refractivity contribution in [3.8, 4) is 11.8 Å². The fraction of sp³-hybridized carbons (Fsp3) is 0.154. The van der Waals surface area contributed by atoms with Gasteiger partial charge in [0.05, 0.1) is 5.02 Å². The first kappa shape index (κ1) is 22.1. The van der Waals surface area contributed by atoms with Gasteiger partial charge in [0.25, 0.3) is 5.91 Å². The number of ether oxygens (including phenoxy) is 1.